The first-order valence-electron chi connectivity index (χ1n) is 4.75. The van der Waals surface area contributed by atoms with Gasteiger partial charge in [0.1, 0.15) is 0 Å². The third kappa shape index (κ3) is 1.85. The number of hydrogen-bond acceptors (Lipinski definition) is 2. The van der Waals surface area contributed by atoms with E-state index < -0.39 is 12.1 Å². The molecule has 0 spiro atoms. The Morgan fingerprint density at radius 2 is 2.40 bits per heavy atom. The lowest BCUT2D eigenvalue weighted by atomic mass is 9.93. The van der Waals surface area contributed by atoms with Gasteiger partial charge in [0.25, 0.3) is 0 Å². The fourth-order valence-corrected chi connectivity index (χ4v) is 2.15. The highest BCUT2D eigenvalue weighted by molar-refractivity contribution is 6.17. The van der Waals surface area contributed by atoms with E-state index in [2.05, 4.69) is 0 Å². The Bertz CT molecular complexity index is 389. The zero-order valence-electron chi connectivity index (χ0n) is 8.07. The summed E-state index contributed by atoms with van der Waals surface area (Å²) < 4.78 is 5.22. The molecule has 1 aliphatic heterocycles. The molecule has 1 N–H and O–H groups in total. The molecule has 2 rings (SSSR count). The van der Waals surface area contributed by atoms with Crippen LogP contribution in [0.1, 0.15) is 22.8 Å². The van der Waals surface area contributed by atoms with E-state index in [1.165, 1.54) is 0 Å². The Kier molecular flexibility index (Phi) is 2.93. The van der Waals surface area contributed by atoms with Crippen LogP contribution in [-0.4, -0.2) is 17.7 Å². The Balaban J connectivity index is 2.48. The van der Waals surface area contributed by atoms with E-state index in [4.69, 9.17) is 21.4 Å². The van der Waals surface area contributed by atoms with Crippen LogP contribution in [0.25, 0.3) is 0 Å². The van der Waals surface area contributed by atoms with Gasteiger partial charge in [0.2, 0.25) is 0 Å². The number of rotatable bonds is 2. The fourth-order valence-electron chi connectivity index (χ4n) is 1.90. The lowest BCUT2D eigenvalue weighted by Crippen LogP contribution is -2.23. The molecule has 0 saturated heterocycles. The second-order valence-electron chi connectivity index (χ2n) is 3.46. The van der Waals surface area contributed by atoms with Gasteiger partial charge in [-0.15, -0.1) is 11.6 Å². The lowest BCUT2D eigenvalue weighted by molar-refractivity contribution is -0.151. The van der Waals surface area contributed by atoms with Gasteiger partial charge in [-0.25, -0.2) is 4.79 Å². The molecule has 4 heteroatoms. The van der Waals surface area contributed by atoms with Crippen LogP contribution in [0.3, 0.4) is 0 Å². The predicted molar refractivity (Wildman–Crippen MR) is 56.0 cm³/mol. The van der Waals surface area contributed by atoms with Gasteiger partial charge in [0.05, 0.1) is 6.61 Å². The van der Waals surface area contributed by atoms with E-state index >= 15 is 0 Å². The quantitative estimate of drug-likeness (QED) is 0.786. The molecular formula is C11H11ClO3. The predicted octanol–water partition coefficient (Wildman–Crippen LogP) is 2.12. The number of alkyl halides is 1. The second-order valence-corrected chi connectivity index (χ2v) is 3.72. The van der Waals surface area contributed by atoms with Gasteiger partial charge in [0.15, 0.2) is 6.10 Å². The zero-order valence-corrected chi connectivity index (χ0v) is 8.83. The molecule has 0 fully saturated rings. The van der Waals surface area contributed by atoms with E-state index in [-0.39, 0.29) is 0 Å². The van der Waals surface area contributed by atoms with Crippen molar-refractivity contribution in [2.45, 2.75) is 18.4 Å². The number of ether oxygens (including phenoxy) is 1. The summed E-state index contributed by atoms with van der Waals surface area (Å²) in [6.07, 6.45) is -0.0981. The van der Waals surface area contributed by atoms with Crippen molar-refractivity contribution in [3.05, 3.63) is 34.9 Å². The molecular weight excluding hydrogens is 216 g/mol. The summed E-state index contributed by atoms with van der Waals surface area (Å²) in [6, 6.07) is 5.54. The number of halogens is 1. The molecule has 0 bridgehead atoms. The highest BCUT2D eigenvalue weighted by atomic mass is 35.5. The van der Waals surface area contributed by atoms with Crippen molar-refractivity contribution in [1.82, 2.24) is 0 Å². The van der Waals surface area contributed by atoms with Crippen molar-refractivity contribution in [3.8, 4) is 0 Å². The van der Waals surface area contributed by atoms with Gasteiger partial charge >= 0.3 is 5.97 Å². The first-order valence-corrected chi connectivity index (χ1v) is 5.28. The molecule has 1 aromatic carbocycles. The van der Waals surface area contributed by atoms with Gasteiger partial charge in [-0.05, 0) is 23.1 Å². The smallest absolute Gasteiger partial charge is 0.337 e. The molecule has 0 unspecified atom stereocenters. The maximum atomic E-state index is 11.0. The van der Waals surface area contributed by atoms with Crippen molar-refractivity contribution in [3.63, 3.8) is 0 Å². The Hall–Kier alpha value is -1.06. The van der Waals surface area contributed by atoms with Crippen LogP contribution in [0, 0.1) is 0 Å². The maximum absolute atomic E-state index is 11.0. The fraction of sp³-hybridized carbons (Fsp3) is 0.364. The minimum atomic E-state index is -0.942. The SMILES string of the molecule is O=C(O)[C@H]1OCCc2c(CCl)cccc21. The molecule has 1 heterocycles. The van der Waals surface area contributed by atoms with Crippen LogP contribution in [0.2, 0.25) is 0 Å². The molecule has 1 atom stereocenters. The van der Waals surface area contributed by atoms with Crippen LogP contribution < -0.4 is 0 Å². The number of aliphatic carboxylic acids is 1. The van der Waals surface area contributed by atoms with Crippen LogP contribution >= 0.6 is 11.6 Å². The number of carboxylic acid groups (broad SMARTS) is 1. The second kappa shape index (κ2) is 4.21. The number of benzene rings is 1. The van der Waals surface area contributed by atoms with Crippen LogP contribution in [0.15, 0.2) is 18.2 Å². The molecule has 1 aromatic rings. The van der Waals surface area contributed by atoms with E-state index in [9.17, 15) is 4.79 Å². The standard InChI is InChI=1S/C11H11ClO3/c12-6-7-2-1-3-9-8(7)4-5-15-10(9)11(13)14/h1-3,10H,4-6H2,(H,13,14)/t10-/m0/s1. The Labute approximate surface area is 92.6 Å². The van der Waals surface area contributed by atoms with Gasteiger partial charge in [-0.3, -0.25) is 0 Å². The van der Waals surface area contributed by atoms with Gasteiger partial charge in [0, 0.05) is 5.88 Å². The van der Waals surface area contributed by atoms with Crippen molar-refractivity contribution in [2.24, 2.45) is 0 Å². The Morgan fingerprint density at radius 3 is 3.07 bits per heavy atom. The molecule has 0 aromatic heterocycles. The van der Waals surface area contributed by atoms with Gasteiger partial charge < -0.3 is 9.84 Å². The normalized spacial score (nSPS) is 19.7. The van der Waals surface area contributed by atoms with E-state index in [0.717, 1.165) is 23.1 Å². The monoisotopic (exact) mass is 226 g/mol. The molecule has 0 amide bonds. The number of hydrogen-bond donors (Lipinski definition) is 1. The number of carboxylic acids is 1. The first-order chi connectivity index (χ1) is 7.24. The van der Waals surface area contributed by atoms with Gasteiger partial charge in [-0.2, -0.15) is 0 Å². The number of fused-ring (bicyclic) bond motifs is 1. The zero-order chi connectivity index (χ0) is 10.8. The topological polar surface area (TPSA) is 46.5 Å². The largest absolute Gasteiger partial charge is 0.479 e. The summed E-state index contributed by atoms with van der Waals surface area (Å²) in [5.74, 6) is -0.530. The van der Waals surface area contributed by atoms with Gasteiger partial charge in [-0.1, -0.05) is 18.2 Å². The third-order valence-corrected chi connectivity index (χ3v) is 2.88. The third-order valence-electron chi connectivity index (χ3n) is 2.60. The summed E-state index contributed by atoms with van der Waals surface area (Å²) >= 11 is 5.80. The summed E-state index contributed by atoms with van der Waals surface area (Å²) in [5.41, 5.74) is 2.78. The maximum Gasteiger partial charge on any atom is 0.337 e. The van der Waals surface area contributed by atoms with Crippen LogP contribution in [0.5, 0.6) is 0 Å². The van der Waals surface area contributed by atoms with E-state index in [0.29, 0.717) is 12.5 Å². The minimum Gasteiger partial charge on any atom is -0.479 e. The van der Waals surface area contributed by atoms with Crippen LogP contribution in [0.4, 0.5) is 0 Å². The Morgan fingerprint density at radius 1 is 1.60 bits per heavy atom. The van der Waals surface area contributed by atoms with E-state index in [1.54, 1.807) is 6.07 Å². The number of carbonyl (C=O) groups is 1. The van der Waals surface area contributed by atoms with Crippen molar-refractivity contribution in [2.75, 3.05) is 6.61 Å². The van der Waals surface area contributed by atoms with E-state index in [1.807, 2.05) is 12.1 Å². The highest BCUT2D eigenvalue weighted by Crippen LogP contribution is 2.30. The molecule has 0 radical (unpaired) electrons. The molecule has 1 aliphatic rings. The summed E-state index contributed by atoms with van der Waals surface area (Å²) in [4.78, 5) is 11.0. The molecule has 0 saturated carbocycles. The average Bonchev–Trinajstić information content (AvgIpc) is 2.27. The average molecular weight is 227 g/mol. The minimum absolute atomic E-state index is 0.412. The summed E-state index contributed by atoms with van der Waals surface area (Å²) in [7, 11) is 0. The lowest BCUT2D eigenvalue weighted by Gasteiger charge is -2.24. The molecule has 80 valence electrons. The van der Waals surface area contributed by atoms with Crippen molar-refractivity contribution >= 4 is 17.6 Å². The first kappa shape index (κ1) is 10.5. The van der Waals surface area contributed by atoms with Crippen molar-refractivity contribution < 1.29 is 14.6 Å². The molecule has 0 aliphatic carbocycles. The summed E-state index contributed by atoms with van der Waals surface area (Å²) in [5, 5.41) is 8.99. The molecule has 3 nitrogen and oxygen atoms in total. The molecule has 15 heavy (non-hydrogen) atoms. The highest BCUT2D eigenvalue weighted by Gasteiger charge is 2.27. The summed E-state index contributed by atoms with van der Waals surface area (Å²) in [6.45, 7) is 0.442. The van der Waals surface area contributed by atoms with Crippen LogP contribution in [-0.2, 0) is 21.8 Å². The van der Waals surface area contributed by atoms with Crippen molar-refractivity contribution in [1.29, 1.82) is 0 Å².